The summed E-state index contributed by atoms with van der Waals surface area (Å²) in [5, 5.41) is 3.05. The number of Topliss-reactive ketones (excluding diaryl/α,β-unsaturated/α-hetero) is 1. The Hall–Kier alpha value is -0.550. The van der Waals surface area contributed by atoms with Gasteiger partial charge in [0.2, 0.25) is 5.91 Å². The number of carbonyl (C=O) groups is 2. The van der Waals surface area contributed by atoms with Crippen molar-refractivity contribution in [3.8, 4) is 0 Å². The van der Waals surface area contributed by atoms with Crippen molar-refractivity contribution in [2.75, 3.05) is 11.5 Å². The Kier molecular flexibility index (Phi) is 6.57. The molecule has 0 aliphatic rings. The van der Waals surface area contributed by atoms with Gasteiger partial charge >= 0.3 is 0 Å². The summed E-state index contributed by atoms with van der Waals surface area (Å²) in [5.74, 6) is 0.730. The first-order chi connectivity index (χ1) is 6.43. The topological polar surface area (TPSA) is 72.2 Å². The highest BCUT2D eigenvalue weighted by Crippen LogP contribution is 2.03. The molecule has 0 aliphatic heterocycles. The molecule has 1 unspecified atom stereocenters. The van der Waals surface area contributed by atoms with E-state index in [1.807, 2.05) is 13.8 Å². The van der Waals surface area contributed by atoms with Gasteiger partial charge in [-0.1, -0.05) is 13.8 Å². The Bertz CT molecular complexity index is 207. The van der Waals surface area contributed by atoms with Gasteiger partial charge in [0.25, 0.3) is 0 Å². The molecule has 0 aromatic heterocycles. The standard InChI is InChI=1S/C9H18N2O2S/c1-6(2)11-8(9(10)13)5-14-4-7(3)12/h6,8,11H,4-5H2,1-3H3,(H2,10,13). The van der Waals surface area contributed by atoms with Crippen molar-refractivity contribution >= 4 is 23.5 Å². The zero-order valence-electron chi connectivity index (χ0n) is 8.87. The number of nitrogens with two attached hydrogens (primary N) is 1. The van der Waals surface area contributed by atoms with E-state index in [4.69, 9.17) is 5.73 Å². The average Bonchev–Trinajstić information content (AvgIpc) is 2.00. The smallest absolute Gasteiger partial charge is 0.235 e. The van der Waals surface area contributed by atoms with Gasteiger partial charge in [0.05, 0.1) is 11.8 Å². The number of amides is 1. The van der Waals surface area contributed by atoms with Crippen molar-refractivity contribution in [3.05, 3.63) is 0 Å². The lowest BCUT2D eigenvalue weighted by atomic mass is 10.3. The number of primary amides is 1. The van der Waals surface area contributed by atoms with Crippen molar-refractivity contribution in [3.63, 3.8) is 0 Å². The molecule has 4 nitrogen and oxygen atoms in total. The molecule has 14 heavy (non-hydrogen) atoms. The Morgan fingerprint density at radius 2 is 2.00 bits per heavy atom. The molecule has 0 saturated heterocycles. The number of ketones is 1. The van der Waals surface area contributed by atoms with Crippen molar-refractivity contribution in [2.24, 2.45) is 5.73 Å². The first-order valence-corrected chi connectivity index (χ1v) is 5.71. The molecule has 0 aromatic rings. The second-order valence-electron chi connectivity index (χ2n) is 3.49. The van der Waals surface area contributed by atoms with Gasteiger partial charge in [-0.05, 0) is 6.92 Å². The fraction of sp³-hybridized carbons (Fsp3) is 0.778. The molecule has 0 bridgehead atoms. The van der Waals surface area contributed by atoms with E-state index in [1.165, 1.54) is 18.7 Å². The van der Waals surface area contributed by atoms with Crippen LogP contribution in [0.4, 0.5) is 0 Å². The van der Waals surface area contributed by atoms with E-state index in [9.17, 15) is 9.59 Å². The predicted octanol–water partition coefficient (Wildman–Crippen LogP) is 0.160. The largest absolute Gasteiger partial charge is 0.368 e. The summed E-state index contributed by atoms with van der Waals surface area (Å²) in [6.45, 7) is 5.43. The highest BCUT2D eigenvalue weighted by atomic mass is 32.2. The zero-order valence-corrected chi connectivity index (χ0v) is 9.69. The molecule has 0 radical (unpaired) electrons. The predicted molar refractivity (Wildman–Crippen MR) is 59.3 cm³/mol. The van der Waals surface area contributed by atoms with Gasteiger partial charge < -0.3 is 11.1 Å². The van der Waals surface area contributed by atoms with Gasteiger partial charge in [0.15, 0.2) is 0 Å². The number of thioether (sulfide) groups is 1. The van der Waals surface area contributed by atoms with Crippen LogP contribution in [0.3, 0.4) is 0 Å². The quantitative estimate of drug-likeness (QED) is 0.638. The molecule has 0 heterocycles. The highest BCUT2D eigenvalue weighted by molar-refractivity contribution is 8.00. The van der Waals surface area contributed by atoms with Crippen molar-refractivity contribution < 1.29 is 9.59 Å². The van der Waals surface area contributed by atoms with Crippen LogP contribution in [0.2, 0.25) is 0 Å². The molecular weight excluding hydrogens is 200 g/mol. The summed E-state index contributed by atoms with van der Waals surface area (Å²) in [6, 6.07) is -0.134. The van der Waals surface area contributed by atoms with Crippen molar-refractivity contribution in [1.82, 2.24) is 5.32 Å². The SMILES string of the molecule is CC(=O)CSCC(NC(C)C)C(N)=O. The van der Waals surface area contributed by atoms with Gasteiger partial charge in [0, 0.05) is 11.8 Å². The van der Waals surface area contributed by atoms with Gasteiger partial charge in [-0.25, -0.2) is 0 Å². The summed E-state index contributed by atoms with van der Waals surface area (Å²) in [5.41, 5.74) is 5.20. The first-order valence-electron chi connectivity index (χ1n) is 4.56. The van der Waals surface area contributed by atoms with Crippen LogP contribution in [0.15, 0.2) is 0 Å². The maximum absolute atomic E-state index is 11.0. The van der Waals surface area contributed by atoms with E-state index in [1.54, 1.807) is 0 Å². The van der Waals surface area contributed by atoms with E-state index >= 15 is 0 Å². The Labute approximate surface area is 89.0 Å². The summed E-state index contributed by atoms with van der Waals surface area (Å²) in [4.78, 5) is 21.6. The number of nitrogens with one attached hydrogen (secondary N) is 1. The molecule has 0 saturated carbocycles. The van der Waals surface area contributed by atoms with E-state index in [0.29, 0.717) is 11.5 Å². The van der Waals surface area contributed by atoms with Crippen molar-refractivity contribution in [1.29, 1.82) is 0 Å². The second kappa shape index (κ2) is 6.84. The third-order valence-corrected chi connectivity index (χ3v) is 2.65. The third kappa shape index (κ3) is 6.91. The van der Waals surface area contributed by atoms with Crippen LogP contribution in [0, 0.1) is 0 Å². The summed E-state index contributed by atoms with van der Waals surface area (Å²) < 4.78 is 0. The van der Waals surface area contributed by atoms with Crippen LogP contribution >= 0.6 is 11.8 Å². The maximum atomic E-state index is 11.0. The van der Waals surface area contributed by atoms with Crippen LogP contribution in [0.25, 0.3) is 0 Å². The lowest BCUT2D eigenvalue weighted by Crippen LogP contribution is -2.46. The second-order valence-corrected chi connectivity index (χ2v) is 4.52. The van der Waals surface area contributed by atoms with Crippen LogP contribution in [-0.2, 0) is 9.59 Å². The number of rotatable bonds is 7. The number of hydrogen-bond acceptors (Lipinski definition) is 4. The molecule has 0 rings (SSSR count). The fourth-order valence-corrected chi connectivity index (χ4v) is 1.84. The molecule has 3 N–H and O–H groups in total. The minimum absolute atomic E-state index is 0.114. The molecule has 1 atom stereocenters. The zero-order chi connectivity index (χ0) is 11.1. The van der Waals surface area contributed by atoms with Crippen LogP contribution in [0.1, 0.15) is 20.8 Å². The Morgan fingerprint density at radius 3 is 2.36 bits per heavy atom. The third-order valence-electron chi connectivity index (χ3n) is 1.47. The van der Waals surface area contributed by atoms with Crippen LogP contribution in [-0.4, -0.2) is 35.3 Å². The van der Waals surface area contributed by atoms with Crippen molar-refractivity contribution in [2.45, 2.75) is 32.9 Å². The molecule has 0 aromatic carbocycles. The Balaban J connectivity index is 3.85. The van der Waals surface area contributed by atoms with Crippen LogP contribution in [0.5, 0.6) is 0 Å². The molecule has 0 fully saturated rings. The average molecular weight is 218 g/mol. The Morgan fingerprint density at radius 1 is 1.43 bits per heavy atom. The minimum atomic E-state index is -0.366. The molecule has 0 aliphatic carbocycles. The number of hydrogen-bond donors (Lipinski definition) is 2. The fourth-order valence-electron chi connectivity index (χ4n) is 0.935. The van der Waals surface area contributed by atoms with E-state index in [2.05, 4.69) is 5.32 Å². The van der Waals surface area contributed by atoms with E-state index in [0.717, 1.165) is 0 Å². The van der Waals surface area contributed by atoms with E-state index < -0.39 is 0 Å². The lowest BCUT2D eigenvalue weighted by Gasteiger charge is -2.17. The van der Waals surface area contributed by atoms with Crippen LogP contribution < -0.4 is 11.1 Å². The lowest BCUT2D eigenvalue weighted by molar-refractivity contribution is -0.119. The molecule has 0 spiro atoms. The van der Waals surface area contributed by atoms with Gasteiger partial charge in [-0.15, -0.1) is 0 Å². The monoisotopic (exact) mass is 218 g/mol. The first kappa shape index (κ1) is 13.4. The molecular formula is C9H18N2O2S. The summed E-state index contributed by atoms with van der Waals surface area (Å²) >= 11 is 1.43. The minimum Gasteiger partial charge on any atom is -0.368 e. The molecule has 1 amide bonds. The highest BCUT2D eigenvalue weighted by Gasteiger charge is 2.15. The molecule has 82 valence electrons. The summed E-state index contributed by atoms with van der Waals surface area (Å²) in [7, 11) is 0. The molecule has 5 heteroatoms. The van der Waals surface area contributed by atoms with Gasteiger partial charge in [-0.2, -0.15) is 11.8 Å². The summed E-state index contributed by atoms with van der Waals surface area (Å²) in [6.07, 6.45) is 0. The number of carbonyl (C=O) groups excluding carboxylic acids is 2. The normalized spacial score (nSPS) is 12.9. The van der Waals surface area contributed by atoms with Gasteiger partial charge in [-0.3, -0.25) is 9.59 Å². The van der Waals surface area contributed by atoms with E-state index in [-0.39, 0.29) is 23.8 Å². The van der Waals surface area contributed by atoms with Gasteiger partial charge in [0.1, 0.15) is 5.78 Å². The maximum Gasteiger partial charge on any atom is 0.235 e.